The van der Waals surface area contributed by atoms with Crippen molar-refractivity contribution in [3.05, 3.63) is 21.4 Å². The number of carbonyl (C=O) groups excluding carboxylic acids is 1. The average Bonchev–Trinajstić information content (AvgIpc) is 2.82. The number of hydrogen-bond donors (Lipinski definition) is 1. The van der Waals surface area contributed by atoms with Crippen LogP contribution in [0.15, 0.2) is 6.07 Å². The van der Waals surface area contributed by atoms with Crippen LogP contribution in [0.4, 0.5) is 0 Å². The van der Waals surface area contributed by atoms with Gasteiger partial charge in [0.25, 0.3) is 5.91 Å². The second-order valence-electron chi connectivity index (χ2n) is 4.42. The number of thiophene rings is 1. The van der Waals surface area contributed by atoms with E-state index in [2.05, 4.69) is 34.2 Å². The first-order valence-electron chi connectivity index (χ1n) is 6.30. The van der Waals surface area contributed by atoms with E-state index in [0.717, 1.165) is 35.2 Å². The summed E-state index contributed by atoms with van der Waals surface area (Å²) in [5.74, 6) is 2.36. The first-order valence-corrected chi connectivity index (χ1v) is 9.40. The topological polar surface area (TPSA) is 29.1 Å². The molecular formula is C13H18BrNOS2. The highest BCUT2D eigenvalue weighted by Gasteiger charge is 2.18. The Kier molecular flexibility index (Phi) is 5.57. The Balaban J connectivity index is 2.02. The van der Waals surface area contributed by atoms with E-state index in [4.69, 9.17) is 0 Å². The summed E-state index contributed by atoms with van der Waals surface area (Å²) in [6.07, 6.45) is 3.10. The molecule has 18 heavy (non-hydrogen) atoms. The van der Waals surface area contributed by atoms with Crippen LogP contribution in [0.3, 0.4) is 0 Å². The van der Waals surface area contributed by atoms with Crippen LogP contribution >= 0.6 is 39.0 Å². The number of rotatable bonds is 5. The van der Waals surface area contributed by atoms with Crippen LogP contribution in [0.25, 0.3) is 0 Å². The van der Waals surface area contributed by atoms with Crippen molar-refractivity contribution in [2.75, 3.05) is 11.1 Å². The van der Waals surface area contributed by atoms with Crippen LogP contribution < -0.4 is 5.32 Å². The third-order valence-corrected chi connectivity index (χ3v) is 5.84. The van der Waals surface area contributed by atoms with Gasteiger partial charge in [0.1, 0.15) is 0 Å². The Bertz CT molecular complexity index is 396. The number of thioether (sulfide) groups is 1. The fourth-order valence-electron chi connectivity index (χ4n) is 2.03. The third kappa shape index (κ3) is 3.52. The van der Waals surface area contributed by atoms with E-state index < -0.39 is 0 Å². The molecular weight excluding hydrogens is 330 g/mol. The van der Waals surface area contributed by atoms with Crippen molar-refractivity contribution in [1.29, 1.82) is 0 Å². The van der Waals surface area contributed by atoms with Crippen molar-refractivity contribution in [3.63, 3.8) is 0 Å². The lowest BCUT2D eigenvalue weighted by atomic mass is 10.1. The second kappa shape index (κ2) is 6.96. The second-order valence-corrected chi connectivity index (χ2v) is 7.45. The maximum absolute atomic E-state index is 12.2. The molecule has 0 bridgehead atoms. The first-order chi connectivity index (χ1) is 8.74. The zero-order valence-electron chi connectivity index (χ0n) is 10.5. The fraction of sp³-hybridized carbons (Fsp3) is 0.615. The molecule has 0 radical (unpaired) electrons. The van der Waals surface area contributed by atoms with Crippen molar-refractivity contribution >= 4 is 44.9 Å². The number of halogens is 1. The molecule has 0 aliphatic carbocycles. The standard InChI is InChI=1S/C13H18BrNOS2/c1-2-10(3-5-14)15-13(16)12-7-9-8-17-6-4-11(9)18-12/h7,10H,2-6,8H2,1H3,(H,15,16). The summed E-state index contributed by atoms with van der Waals surface area (Å²) in [7, 11) is 0. The molecule has 0 aromatic carbocycles. The molecule has 1 N–H and O–H groups in total. The van der Waals surface area contributed by atoms with E-state index in [0.29, 0.717) is 0 Å². The number of nitrogens with one attached hydrogen (secondary N) is 1. The molecule has 1 aromatic rings. The molecule has 2 nitrogen and oxygen atoms in total. The Hall–Kier alpha value is -0.000000000000000111. The third-order valence-electron chi connectivity index (χ3n) is 3.14. The summed E-state index contributed by atoms with van der Waals surface area (Å²) in [6, 6.07) is 2.37. The molecule has 2 rings (SSSR count). The van der Waals surface area contributed by atoms with Crippen LogP contribution in [-0.4, -0.2) is 23.0 Å². The number of alkyl halides is 1. The molecule has 0 saturated carbocycles. The maximum atomic E-state index is 12.2. The predicted molar refractivity (Wildman–Crippen MR) is 84.1 cm³/mol. The van der Waals surface area contributed by atoms with Gasteiger partial charge < -0.3 is 5.32 Å². The lowest BCUT2D eigenvalue weighted by Gasteiger charge is -2.14. The zero-order valence-corrected chi connectivity index (χ0v) is 13.7. The lowest BCUT2D eigenvalue weighted by Crippen LogP contribution is -2.34. The van der Waals surface area contributed by atoms with E-state index in [-0.39, 0.29) is 11.9 Å². The van der Waals surface area contributed by atoms with Gasteiger partial charge in [-0.2, -0.15) is 11.8 Å². The Morgan fingerprint density at radius 1 is 1.61 bits per heavy atom. The molecule has 5 heteroatoms. The van der Waals surface area contributed by atoms with Crippen LogP contribution in [0.5, 0.6) is 0 Å². The maximum Gasteiger partial charge on any atom is 0.261 e. The number of carbonyl (C=O) groups is 1. The van der Waals surface area contributed by atoms with Gasteiger partial charge in [-0.1, -0.05) is 22.9 Å². The van der Waals surface area contributed by atoms with E-state index in [1.165, 1.54) is 16.2 Å². The molecule has 1 aromatic heterocycles. The van der Waals surface area contributed by atoms with Gasteiger partial charge in [-0.15, -0.1) is 11.3 Å². The number of hydrogen-bond acceptors (Lipinski definition) is 3. The minimum Gasteiger partial charge on any atom is -0.349 e. The summed E-state index contributed by atoms with van der Waals surface area (Å²) >= 11 is 7.07. The molecule has 0 spiro atoms. The minimum absolute atomic E-state index is 0.104. The Morgan fingerprint density at radius 3 is 3.11 bits per heavy atom. The van der Waals surface area contributed by atoms with Crippen molar-refractivity contribution in [2.45, 2.75) is 38.0 Å². The van der Waals surface area contributed by atoms with E-state index in [9.17, 15) is 4.79 Å². The number of aryl methyl sites for hydroxylation is 1. The van der Waals surface area contributed by atoms with Crippen molar-refractivity contribution in [3.8, 4) is 0 Å². The van der Waals surface area contributed by atoms with Gasteiger partial charge >= 0.3 is 0 Å². The van der Waals surface area contributed by atoms with Crippen molar-refractivity contribution in [1.82, 2.24) is 5.32 Å². The fourth-order valence-corrected chi connectivity index (χ4v) is 4.85. The van der Waals surface area contributed by atoms with Crippen LogP contribution in [0, 0.1) is 0 Å². The Labute approximate surface area is 125 Å². The number of amides is 1. The van der Waals surface area contributed by atoms with Gasteiger partial charge in [-0.05, 0) is 36.6 Å². The van der Waals surface area contributed by atoms with Gasteiger partial charge in [-0.25, -0.2) is 0 Å². The molecule has 0 fully saturated rings. The normalized spacial score (nSPS) is 16.1. The molecule has 1 atom stereocenters. The van der Waals surface area contributed by atoms with E-state index >= 15 is 0 Å². The lowest BCUT2D eigenvalue weighted by molar-refractivity contribution is 0.0939. The van der Waals surface area contributed by atoms with Crippen LogP contribution in [0.1, 0.15) is 39.9 Å². The molecule has 100 valence electrons. The highest BCUT2D eigenvalue weighted by Crippen LogP contribution is 2.31. The van der Waals surface area contributed by atoms with Crippen LogP contribution in [-0.2, 0) is 12.2 Å². The number of fused-ring (bicyclic) bond motifs is 1. The summed E-state index contributed by atoms with van der Waals surface area (Å²) in [5, 5.41) is 4.06. The summed E-state index contributed by atoms with van der Waals surface area (Å²) in [6.45, 7) is 2.11. The van der Waals surface area contributed by atoms with Gasteiger partial charge in [0.05, 0.1) is 4.88 Å². The van der Waals surface area contributed by atoms with Gasteiger partial charge in [-0.3, -0.25) is 4.79 Å². The highest BCUT2D eigenvalue weighted by molar-refractivity contribution is 9.09. The summed E-state index contributed by atoms with van der Waals surface area (Å²) < 4.78 is 0. The summed E-state index contributed by atoms with van der Waals surface area (Å²) in [5.41, 5.74) is 1.37. The van der Waals surface area contributed by atoms with Gasteiger partial charge in [0.2, 0.25) is 0 Å². The smallest absolute Gasteiger partial charge is 0.261 e. The largest absolute Gasteiger partial charge is 0.349 e. The van der Waals surface area contributed by atoms with Gasteiger partial charge in [0, 0.05) is 22.0 Å². The molecule has 1 aliphatic heterocycles. The molecule has 1 aliphatic rings. The van der Waals surface area contributed by atoms with Crippen molar-refractivity contribution in [2.24, 2.45) is 0 Å². The molecule has 1 unspecified atom stereocenters. The van der Waals surface area contributed by atoms with E-state index in [1.54, 1.807) is 11.3 Å². The molecule has 2 heterocycles. The monoisotopic (exact) mass is 347 g/mol. The van der Waals surface area contributed by atoms with Crippen LogP contribution in [0.2, 0.25) is 0 Å². The summed E-state index contributed by atoms with van der Waals surface area (Å²) in [4.78, 5) is 14.5. The minimum atomic E-state index is 0.104. The van der Waals surface area contributed by atoms with Crippen molar-refractivity contribution < 1.29 is 4.79 Å². The predicted octanol–water partition coefficient (Wildman–Crippen LogP) is 3.83. The highest BCUT2D eigenvalue weighted by atomic mass is 79.9. The molecule has 1 amide bonds. The SMILES string of the molecule is CCC(CCBr)NC(=O)c1cc2c(s1)CCSC2. The van der Waals surface area contributed by atoms with E-state index in [1.807, 2.05) is 11.8 Å². The average molecular weight is 348 g/mol. The van der Waals surface area contributed by atoms with Gasteiger partial charge in [0.15, 0.2) is 0 Å². The quantitative estimate of drug-likeness (QED) is 0.820. The molecule has 0 saturated heterocycles. The Morgan fingerprint density at radius 2 is 2.44 bits per heavy atom. The zero-order chi connectivity index (χ0) is 13.0. The first kappa shape index (κ1) is 14.4.